The molecular weight excluding hydrogens is 1220 g/mol. The van der Waals surface area contributed by atoms with Gasteiger partial charge in [0.15, 0.2) is 0 Å². The molecule has 1 unspecified atom stereocenters. The number of rotatable bonds is 34. The van der Waals surface area contributed by atoms with Gasteiger partial charge in [0.25, 0.3) is 0 Å². The Bertz CT molecular complexity index is 2450. The van der Waals surface area contributed by atoms with Gasteiger partial charge in [-0.15, -0.1) is 6.58 Å². The zero-order chi connectivity index (χ0) is 62.8. The van der Waals surface area contributed by atoms with Crippen LogP contribution >= 0.6 is 0 Å². The van der Waals surface area contributed by atoms with Crippen LogP contribution in [0.2, 0.25) is 35.9 Å². The molecule has 3 aromatic rings. The molecule has 0 radical (unpaired) electrons. The van der Waals surface area contributed by atoms with E-state index in [1.165, 1.54) is 56.3 Å². The molecule has 4 aliphatic heterocycles. The minimum absolute atomic E-state index is 0.00636. The van der Waals surface area contributed by atoms with E-state index in [4.69, 9.17) is 51.8 Å². The van der Waals surface area contributed by atoms with E-state index in [9.17, 15) is 0 Å². The number of fused-ring (bicyclic) bond motifs is 1. The quantitative estimate of drug-likeness (QED) is 0.0186. The summed E-state index contributed by atoms with van der Waals surface area (Å²) in [4.78, 5) is 15.6. The number of hydrogen-bond donors (Lipinski definition) is 0. The van der Waals surface area contributed by atoms with E-state index in [1.54, 1.807) is 7.11 Å². The fourth-order valence-corrected chi connectivity index (χ4v) is 31.5. The van der Waals surface area contributed by atoms with Gasteiger partial charge in [-0.05, 0) is 37.0 Å². The molecule has 488 valence electrons. The molecular formula is C73H116O12SiSn. The summed E-state index contributed by atoms with van der Waals surface area (Å²) in [6.07, 6.45) is 5.83. The van der Waals surface area contributed by atoms with Gasteiger partial charge in [-0.25, -0.2) is 0 Å². The molecule has 14 heteroatoms. The Morgan fingerprint density at radius 3 is 1.87 bits per heavy atom. The van der Waals surface area contributed by atoms with E-state index in [0.717, 1.165) is 41.5 Å². The summed E-state index contributed by atoms with van der Waals surface area (Å²) in [6.45, 7) is 36.0. The molecule has 4 heterocycles. The van der Waals surface area contributed by atoms with Crippen molar-refractivity contribution in [3.8, 4) is 0 Å². The predicted molar refractivity (Wildman–Crippen MR) is 354 cm³/mol. The Morgan fingerprint density at radius 2 is 1.33 bits per heavy atom. The van der Waals surface area contributed by atoms with Crippen molar-refractivity contribution in [3.63, 3.8) is 0 Å². The number of benzene rings is 3. The average molecular weight is 1330 g/mol. The summed E-state index contributed by atoms with van der Waals surface area (Å²) in [7, 11) is -0.691. The van der Waals surface area contributed by atoms with E-state index in [1.807, 2.05) is 61.5 Å². The molecule has 0 amide bonds. The first kappa shape index (κ1) is 71.9. The molecule has 3 aromatic carbocycles. The fraction of sp³-hybridized carbons (Fsp3) is 0.712. The summed E-state index contributed by atoms with van der Waals surface area (Å²) in [5.74, 6) is -1.44. The van der Waals surface area contributed by atoms with Crippen LogP contribution in [0.1, 0.15) is 176 Å². The third-order valence-electron chi connectivity index (χ3n) is 20.6. The minimum atomic E-state index is -2.66. The van der Waals surface area contributed by atoms with Crippen LogP contribution in [0, 0.1) is 17.8 Å². The monoisotopic (exact) mass is 1330 g/mol. The molecule has 0 aliphatic carbocycles. The van der Waals surface area contributed by atoms with Gasteiger partial charge >= 0.3 is 343 Å². The predicted octanol–water partition coefficient (Wildman–Crippen LogP) is 17.1. The Labute approximate surface area is 531 Å². The molecule has 4 aliphatic rings. The molecule has 4 saturated heterocycles. The molecule has 0 bridgehead atoms. The third kappa shape index (κ3) is 19.5. The number of esters is 1. The molecule has 0 saturated carbocycles. The van der Waals surface area contributed by atoms with Gasteiger partial charge in [0.1, 0.15) is 5.60 Å². The number of hydrogen-bond acceptors (Lipinski definition) is 12. The second kappa shape index (κ2) is 33.9. The SMILES string of the molecule is C=C(C)C[C@H]1O[C@@](C)([C@@H](CCOCc2ccccc2)OCc2ccccc2)[C@H](OCc2ccccc2)C[C@@H]1OC(=O)C[C@@H]1O[C@@H]2[C@@H](C)[C@H](C)[C@@]3(CCCO3)O[C@H]2[C@@H](O[Si](C)(C)C(C)(C)C)[C@H](C)[C@H]1OC(C[CH2][Sn]([CH2]CCC)([CH2]CCC)[CH2]CCC)OC. The van der Waals surface area contributed by atoms with Crippen molar-refractivity contribution in [3.05, 3.63) is 120 Å². The molecule has 1 spiro atoms. The van der Waals surface area contributed by atoms with Crippen molar-refractivity contribution in [2.45, 2.75) is 288 Å². The fourth-order valence-electron chi connectivity index (χ4n) is 14.0. The summed E-state index contributed by atoms with van der Waals surface area (Å²) < 4.78 is 83.8. The van der Waals surface area contributed by atoms with Crippen LogP contribution in [0.25, 0.3) is 0 Å². The van der Waals surface area contributed by atoms with Crippen LogP contribution in [0.3, 0.4) is 0 Å². The third-order valence-corrected chi connectivity index (χ3v) is 41.0. The average Bonchev–Trinajstić information content (AvgIpc) is 1.76. The molecule has 7 rings (SSSR count). The standard InChI is InChI=1S/C61H89O12Si.3C4H9.Sn/c1-14-54(63-11)70-55-43(5)57(73-74(12,13)59(7,8)9)58-56(42(4)44(6)61(72-58)32-24-33-67-61)69-50(55)37-53(62)68-48-36-52(66-40-47-29-22-17-23-30-47)60(10,71-49(48)35-41(2)3)51(65-39-46-27-20-16-21-28-46)31-34-64-38-45-25-18-15-19-26-45;3*1-3-4-2;/h15-23,25-30,42-44,48-52,54-58H,1-2,14,24,31-40H2,3-13H3;3*1,3-4H2,2H3;/t42-,43+,44-,48-,49+,50-,51+,52+,54?,55+,56+,57-,58+,60-,61+;;;;/m0..../s1. The van der Waals surface area contributed by atoms with E-state index >= 15 is 4.79 Å². The summed E-state index contributed by atoms with van der Waals surface area (Å²) in [5, 5.41) is -0.101. The molecule has 0 N–H and O–H groups in total. The topological polar surface area (TPSA) is 119 Å². The maximum absolute atomic E-state index is 15.6. The van der Waals surface area contributed by atoms with Crippen LogP contribution in [0.15, 0.2) is 103 Å². The van der Waals surface area contributed by atoms with E-state index in [-0.39, 0.29) is 29.2 Å². The van der Waals surface area contributed by atoms with Crippen molar-refractivity contribution in [2.75, 3.05) is 20.3 Å². The molecule has 0 aromatic heterocycles. The summed E-state index contributed by atoms with van der Waals surface area (Å²) >= 11 is -2.66. The van der Waals surface area contributed by atoms with Gasteiger partial charge < -0.3 is 14.2 Å². The molecule has 15 atom stereocenters. The Balaban J connectivity index is 1.24. The van der Waals surface area contributed by atoms with E-state index in [0.29, 0.717) is 52.3 Å². The Morgan fingerprint density at radius 1 is 0.747 bits per heavy atom. The first-order chi connectivity index (χ1) is 41.6. The molecule has 4 fully saturated rings. The van der Waals surface area contributed by atoms with E-state index in [2.05, 4.69) is 125 Å². The summed E-state index contributed by atoms with van der Waals surface area (Å²) in [6, 6.07) is 30.7. The van der Waals surface area contributed by atoms with Crippen molar-refractivity contribution in [2.24, 2.45) is 17.8 Å². The zero-order valence-electron chi connectivity index (χ0n) is 56.3. The summed E-state index contributed by atoms with van der Waals surface area (Å²) in [5.41, 5.74) is 3.08. The van der Waals surface area contributed by atoms with Crippen LogP contribution in [0.5, 0.6) is 0 Å². The van der Waals surface area contributed by atoms with Gasteiger partial charge in [0, 0.05) is 6.61 Å². The Hall–Kier alpha value is -2.51. The molecule has 87 heavy (non-hydrogen) atoms. The van der Waals surface area contributed by atoms with Gasteiger partial charge in [0.05, 0.1) is 25.9 Å². The van der Waals surface area contributed by atoms with Crippen molar-refractivity contribution < 1.29 is 56.6 Å². The van der Waals surface area contributed by atoms with Crippen LogP contribution < -0.4 is 0 Å². The number of carbonyl (C=O) groups excluding carboxylic acids is 1. The molecule has 12 nitrogen and oxygen atoms in total. The Kier molecular flexibility index (Phi) is 28.0. The number of methoxy groups -OCH3 is 1. The van der Waals surface area contributed by atoms with Gasteiger partial charge in [-0.2, -0.15) is 0 Å². The second-order valence-corrected chi connectivity index (χ2v) is 47.3. The van der Waals surface area contributed by atoms with Crippen molar-refractivity contribution in [1.82, 2.24) is 0 Å². The number of carbonyl (C=O) groups is 1. The van der Waals surface area contributed by atoms with Crippen molar-refractivity contribution in [1.29, 1.82) is 0 Å². The number of ether oxygens (including phenoxy) is 10. The second-order valence-electron chi connectivity index (χ2n) is 28.3. The van der Waals surface area contributed by atoms with Gasteiger partial charge in [-0.3, -0.25) is 0 Å². The van der Waals surface area contributed by atoms with Crippen molar-refractivity contribution >= 4 is 32.7 Å². The van der Waals surface area contributed by atoms with E-state index < -0.39 is 105 Å². The maximum atomic E-state index is 15.6. The zero-order valence-corrected chi connectivity index (χ0v) is 60.2. The number of unbranched alkanes of at least 4 members (excludes halogenated alkanes) is 3. The van der Waals surface area contributed by atoms with Gasteiger partial charge in [-0.1, -0.05) is 96.6 Å². The first-order valence-electron chi connectivity index (χ1n) is 33.9. The normalized spacial score (nSPS) is 29.5. The van der Waals surface area contributed by atoms with Crippen LogP contribution in [-0.4, -0.2) is 126 Å². The van der Waals surface area contributed by atoms with Crippen LogP contribution in [0.4, 0.5) is 0 Å². The van der Waals surface area contributed by atoms with Crippen LogP contribution in [-0.2, 0) is 76.4 Å². The van der Waals surface area contributed by atoms with Gasteiger partial charge in [0.2, 0.25) is 0 Å². The first-order valence-corrected chi connectivity index (χ1v) is 44.9.